The third kappa shape index (κ3) is 4.65. The molecule has 1 aliphatic rings. The largest absolute Gasteiger partial charge is 0.385 e. The summed E-state index contributed by atoms with van der Waals surface area (Å²) in [7, 11) is -3.60. The second kappa shape index (κ2) is 9.19. The van der Waals surface area contributed by atoms with Crippen LogP contribution < -0.4 is 4.84 Å². The lowest BCUT2D eigenvalue weighted by Gasteiger charge is -2.25. The van der Waals surface area contributed by atoms with Gasteiger partial charge in [0, 0.05) is 26.2 Å². The second-order valence-corrected chi connectivity index (χ2v) is 8.67. The molecular formula is C19H25N5O4S. The number of benzene rings is 1. The Morgan fingerprint density at radius 1 is 1.17 bits per heavy atom. The molecule has 3 rings (SSSR count). The summed E-state index contributed by atoms with van der Waals surface area (Å²) in [4.78, 5) is 20.6. The minimum atomic E-state index is -3.60. The highest BCUT2D eigenvalue weighted by Crippen LogP contribution is 2.23. The van der Waals surface area contributed by atoms with E-state index in [-0.39, 0.29) is 17.4 Å². The molecule has 0 N–H and O–H groups in total. The van der Waals surface area contributed by atoms with Crippen LogP contribution in [0.2, 0.25) is 0 Å². The quantitative estimate of drug-likeness (QED) is 0.567. The van der Waals surface area contributed by atoms with Gasteiger partial charge in [-0.1, -0.05) is 23.4 Å². The van der Waals surface area contributed by atoms with Gasteiger partial charge in [0.15, 0.2) is 6.61 Å². The lowest BCUT2D eigenvalue weighted by atomic mass is 10.2. The third-order valence-electron chi connectivity index (χ3n) is 4.70. The fraction of sp³-hybridized carbons (Fsp3) is 0.421. The Hall–Kier alpha value is -2.72. The number of amides is 1. The van der Waals surface area contributed by atoms with E-state index in [0.717, 1.165) is 24.1 Å². The molecule has 0 bridgehead atoms. The highest BCUT2D eigenvalue weighted by molar-refractivity contribution is 7.89. The molecule has 1 aliphatic heterocycles. The molecule has 1 amide bonds. The van der Waals surface area contributed by atoms with Crippen molar-refractivity contribution in [2.45, 2.75) is 24.2 Å². The van der Waals surface area contributed by atoms with E-state index in [1.165, 1.54) is 21.3 Å². The Balaban J connectivity index is 1.79. The zero-order valence-electron chi connectivity index (χ0n) is 16.2. The number of aromatic nitrogens is 3. The van der Waals surface area contributed by atoms with E-state index in [1.807, 2.05) is 0 Å². The average molecular weight is 420 g/mol. The number of sulfonamides is 1. The standard InChI is InChI=1S/C19H25N5O4S/c1-3-10-22(11-4-2)19(25)15-28-24-18-14-16(8-9-17(18)20-21-24)29(26,27)23-12-6-5-7-13-23/h3-4,8-9,14H,1-2,5-7,10-13,15H2. The first-order valence-corrected chi connectivity index (χ1v) is 10.9. The van der Waals surface area contributed by atoms with Gasteiger partial charge in [-0.05, 0) is 36.3 Å². The van der Waals surface area contributed by atoms with Crippen LogP contribution in [-0.2, 0) is 14.8 Å². The first-order valence-electron chi connectivity index (χ1n) is 9.46. The predicted octanol–water partition coefficient (Wildman–Crippen LogP) is 1.24. The maximum atomic E-state index is 12.9. The van der Waals surface area contributed by atoms with E-state index in [2.05, 4.69) is 23.5 Å². The van der Waals surface area contributed by atoms with Crippen LogP contribution in [0, 0.1) is 0 Å². The lowest BCUT2D eigenvalue weighted by Crippen LogP contribution is -2.37. The molecule has 0 atom stereocenters. The summed E-state index contributed by atoms with van der Waals surface area (Å²) >= 11 is 0. The number of rotatable bonds is 9. The normalized spacial score (nSPS) is 15.2. The second-order valence-electron chi connectivity index (χ2n) is 6.73. The molecule has 0 aliphatic carbocycles. The number of carbonyl (C=O) groups is 1. The molecule has 2 heterocycles. The molecule has 0 radical (unpaired) electrons. The van der Waals surface area contributed by atoms with Crippen molar-refractivity contribution in [1.29, 1.82) is 0 Å². The Kier molecular flexibility index (Phi) is 6.65. The van der Waals surface area contributed by atoms with Crippen molar-refractivity contribution in [2.24, 2.45) is 0 Å². The fourth-order valence-electron chi connectivity index (χ4n) is 3.19. The van der Waals surface area contributed by atoms with E-state index < -0.39 is 10.0 Å². The van der Waals surface area contributed by atoms with E-state index in [0.29, 0.717) is 37.2 Å². The van der Waals surface area contributed by atoms with Gasteiger partial charge in [-0.2, -0.15) is 4.31 Å². The van der Waals surface area contributed by atoms with Gasteiger partial charge in [-0.3, -0.25) is 4.79 Å². The van der Waals surface area contributed by atoms with Crippen LogP contribution in [-0.4, -0.2) is 71.5 Å². The van der Waals surface area contributed by atoms with Crippen LogP contribution in [0.1, 0.15) is 19.3 Å². The SMILES string of the molecule is C=CCN(CC=C)C(=O)COn1nnc2ccc(S(=O)(=O)N3CCCCC3)cc21. The Morgan fingerprint density at radius 3 is 2.52 bits per heavy atom. The van der Waals surface area contributed by atoms with Crippen molar-refractivity contribution in [3.05, 3.63) is 43.5 Å². The van der Waals surface area contributed by atoms with Gasteiger partial charge in [-0.25, -0.2) is 8.42 Å². The first kappa shape index (κ1) is 21.0. The van der Waals surface area contributed by atoms with E-state index in [4.69, 9.17) is 4.84 Å². The molecule has 1 saturated heterocycles. The van der Waals surface area contributed by atoms with Gasteiger partial charge in [0.05, 0.1) is 4.90 Å². The molecule has 1 aromatic carbocycles. The van der Waals surface area contributed by atoms with Gasteiger partial charge in [-0.15, -0.1) is 18.3 Å². The summed E-state index contributed by atoms with van der Waals surface area (Å²) in [5.74, 6) is -0.273. The van der Waals surface area contributed by atoms with E-state index >= 15 is 0 Å². The van der Waals surface area contributed by atoms with Crippen molar-refractivity contribution in [1.82, 2.24) is 24.4 Å². The zero-order valence-corrected chi connectivity index (χ0v) is 17.1. The molecule has 9 nitrogen and oxygen atoms in total. The van der Waals surface area contributed by atoms with Crippen molar-refractivity contribution >= 4 is 27.0 Å². The molecule has 0 saturated carbocycles. The molecule has 0 unspecified atom stereocenters. The van der Waals surface area contributed by atoms with Crippen LogP contribution in [0.5, 0.6) is 0 Å². The number of hydrogen-bond acceptors (Lipinski definition) is 6. The molecule has 0 spiro atoms. The number of carbonyl (C=O) groups excluding carboxylic acids is 1. The Morgan fingerprint density at radius 2 is 1.86 bits per heavy atom. The van der Waals surface area contributed by atoms with Crippen LogP contribution >= 0.6 is 0 Å². The Labute approximate surface area is 170 Å². The molecule has 1 fully saturated rings. The summed E-state index contributed by atoms with van der Waals surface area (Å²) in [5, 5.41) is 7.85. The van der Waals surface area contributed by atoms with Crippen molar-refractivity contribution in [3.8, 4) is 0 Å². The van der Waals surface area contributed by atoms with Crippen molar-refractivity contribution in [3.63, 3.8) is 0 Å². The third-order valence-corrected chi connectivity index (χ3v) is 6.60. The maximum absolute atomic E-state index is 12.9. The average Bonchev–Trinajstić information content (AvgIpc) is 3.15. The predicted molar refractivity (Wildman–Crippen MR) is 109 cm³/mol. The molecular weight excluding hydrogens is 394 g/mol. The monoisotopic (exact) mass is 419 g/mol. The minimum Gasteiger partial charge on any atom is -0.385 e. The summed E-state index contributed by atoms with van der Waals surface area (Å²) in [6, 6.07) is 4.59. The van der Waals surface area contributed by atoms with Crippen LogP contribution in [0.25, 0.3) is 11.0 Å². The number of fused-ring (bicyclic) bond motifs is 1. The van der Waals surface area contributed by atoms with Crippen LogP contribution in [0.4, 0.5) is 0 Å². The van der Waals surface area contributed by atoms with Gasteiger partial charge in [0.25, 0.3) is 5.91 Å². The van der Waals surface area contributed by atoms with Crippen molar-refractivity contribution < 1.29 is 18.0 Å². The molecule has 2 aromatic rings. The Bertz CT molecular complexity index is 985. The fourth-order valence-corrected chi connectivity index (χ4v) is 4.72. The summed E-state index contributed by atoms with van der Waals surface area (Å²) < 4.78 is 27.3. The first-order chi connectivity index (χ1) is 14.0. The van der Waals surface area contributed by atoms with Gasteiger partial charge in [0.1, 0.15) is 11.0 Å². The molecule has 1 aromatic heterocycles. The molecule has 156 valence electrons. The van der Waals surface area contributed by atoms with E-state index in [9.17, 15) is 13.2 Å². The smallest absolute Gasteiger partial charge is 0.263 e. The summed E-state index contributed by atoms with van der Waals surface area (Å²) in [5.41, 5.74) is 0.860. The number of piperidine rings is 1. The molecule has 29 heavy (non-hydrogen) atoms. The van der Waals surface area contributed by atoms with E-state index in [1.54, 1.807) is 18.2 Å². The van der Waals surface area contributed by atoms with Crippen LogP contribution in [0.3, 0.4) is 0 Å². The summed E-state index contributed by atoms with van der Waals surface area (Å²) in [6.07, 6.45) is 5.99. The summed E-state index contributed by atoms with van der Waals surface area (Å²) in [6.45, 7) is 8.75. The van der Waals surface area contributed by atoms with Crippen LogP contribution in [0.15, 0.2) is 48.4 Å². The number of hydrogen-bond donors (Lipinski definition) is 0. The number of nitrogens with zero attached hydrogens (tertiary/aromatic N) is 5. The highest BCUT2D eigenvalue weighted by Gasteiger charge is 2.26. The topological polar surface area (TPSA) is 97.6 Å². The van der Waals surface area contributed by atoms with Gasteiger partial charge in [0.2, 0.25) is 10.0 Å². The highest BCUT2D eigenvalue weighted by atomic mass is 32.2. The zero-order chi connectivity index (χ0) is 20.9. The van der Waals surface area contributed by atoms with Crippen molar-refractivity contribution in [2.75, 3.05) is 32.8 Å². The minimum absolute atomic E-state index is 0.158. The van der Waals surface area contributed by atoms with Gasteiger partial charge < -0.3 is 9.74 Å². The maximum Gasteiger partial charge on any atom is 0.263 e. The molecule has 10 heteroatoms. The lowest BCUT2D eigenvalue weighted by molar-refractivity contribution is -0.135. The van der Waals surface area contributed by atoms with Gasteiger partial charge >= 0.3 is 0 Å².